The minimum Gasteiger partial charge on any atom is -0.489 e. The summed E-state index contributed by atoms with van der Waals surface area (Å²) in [7, 11) is 1.50. The molecule has 78 heavy (non-hydrogen) atoms. The summed E-state index contributed by atoms with van der Waals surface area (Å²) in [6.07, 6.45) is 25.0. The van der Waals surface area contributed by atoms with Gasteiger partial charge in [-0.1, -0.05) is 164 Å². The van der Waals surface area contributed by atoms with E-state index < -0.39 is 18.0 Å². The Morgan fingerprint density at radius 1 is 0.551 bits per heavy atom. The van der Waals surface area contributed by atoms with Crippen molar-refractivity contribution >= 4 is 30.1 Å². The van der Waals surface area contributed by atoms with E-state index in [1.165, 1.54) is 19.3 Å². The fourth-order valence-electron chi connectivity index (χ4n) is 7.99. The smallest absolute Gasteiger partial charge is 0.336 e. The van der Waals surface area contributed by atoms with Crippen molar-refractivity contribution in [2.24, 2.45) is 5.92 Å². The Morgan fingerprint density at radius 2 is 0.987 bits per heavy atom. The van der Waals surface area contributed by atoms with Crippen molar-refractivity contribution in [2.45, 2.75) is 204 Å². The molecule has 0 aliphatic heterocycles. The summed E-state index contributed by atoms with van der Waals surface area (Å²) in [6, 6.07) is 13.7. The number of methoxy groups -OCH3 is 1. The molecule has 0 radical (unpaired) electrons. The van der Waals surface area contributed by atoms with Gasteiger partial charge in [0.05, 0.1) is 39.5 Å². The number of unbranched alkanes of at least 4 members (excludes halogenated alkanes) is 14. The van der Waals surface area contributed by atoms with E-state index >= 15 is 0 Å². The zero-order chi connectivity index (χ0) is 55.2. The van der Waals surface area contributed by atoms with Crippen molar-refractivity contribution in [2.75, 3.05) is 40.1 Å². The van der Waals surface area contributed by atoms with E-state index in [4.69, 9.17) is 42.6 Å². The summed E-state index contributed by atoms with van der Waals surface area (Å²) in [5.41, 5.74) is 2.72. The maximum absolute atomic E-state index is 13.4. The lowest BCUT2D eigenvalue weighted by atomic mass is 9.98. The van der Waals surface area contributed by atoms with Gasteiger partial charge in [-0.15, -0.1) is 0 Å². The number of esters is 3. The molecule has 1 N–H and O–H groups in total. The Morgan fingerprint density at radius 3 is 1.44 bits per heavy atom. The first-order valence-corrected chi connectivity index (χ1v) is 28.4. The van der Waals surface area contributed by atoms with Gasteiger partial charge in [0.15, 0.2) is 23.0 Å². The largest absolute Gasteiger partial charge is 0.489 e. The van der Waals surface area contributed by atoms with Crippen molar-refractivity contribution in [1.29, 1.82) is 0 Å². The lowest BCUT2D eigenvalue weighted by Gasteiger charge is -2.25. The average Bonchev–Trinajstić information content (AvgIpc) is 3.44. The van der Waals surface area contributed by atoms with E-state index in [0.29, 0.717) is 85.4 Å². The van der Waals surface area contributed by atoms with Crippen LogP contribution in [0.3, 0.4) is 0 Å². The summed E-state index contributed by atoms with van der Waals surface area (Å²) < 4.78 is 54.4. The van der Waals surface area contributed by atoms with Crippen LogP contribution in [0.5, 0.6) is 34.5 Å². The number of rotatable bonds is 43. The third-order valence-corrected chi connectivity index (χ3v) is 12.8. The molecule has 438 valence electrons. The van der Waals surface area contributed by atoms with E-state index in [9.17, 15) is 19.5 Å². The van der Waals surface area contributed by atoms with Crippen molar-refractivity contribution in [1.82, 2.24) is 0 Å². The number of aliphatic hydroxyl groups is 1. The van der Waals surface area contributed by atoms with Crippen molar-refractivity contribution < 1.29 is 62.1 Å². The molecule has 0 aromatic heterocycles. The van der Waals surface area contributed by atoms with Crippen LogP contribution < -0.4 is 28.4 Å². The third-order valence-electron chi connectivity index (χ3n) is 12.8. The molecule has 0 aliphatic rings. The highest BCUT2D eigenvalue weighted by molar-refractivity contribution is 5.90. The van der Waals surface area contributed by atoms with Crippen LogP contribution in [-0.2, 0) is 35.2 Å². The normalized spacial score (nSPS) is 11.7. The molecule has 3 aromatic carbocycles. The molecule has 0 amide bonds. The highest BCUT2D eigenvalue weighted by atomic mass is 16.7. The number of benzene rings is 3. The lowest BCUT2D eigenvalue weighted by Crippen LogP contribution is -2.19. The maximum Gasteiger partial charge on any atom is 0.336 e. The number of carbonyl (C=O) groups is 3. The topological polar surface area (TPSA) is 155 Å². The predicted molar refractivity (Wildman–Crippen MR) is 315 cm³/mol. The minimum absolute atomic E-state index is 0. The molecular weight excluding hydrogens is 989 g/mol. The maximum atomic E-state index is 13.4. The fourth-order valence-corrected chi connectivity index (χ4v) is 7.99. The first kappa shape index (κ1) is 70.1. The van der Waals surface area contributed by atoms with Crippen molar-refractivity contribution in [3.8, 4) is 34.5 Å². The van der Waals surface area contributed by atoms with Crippen molar-refractivity contribution in [3.63, 3.8) is 0 Å². The fraction of sp³-hybridized carbons (Fsp3) is 0.585. The number of hydrogen-bond acceptors (Lipinski definition) is 13. The van der Waals surface area contributed by atoms with Crippen LogP contribution in [0.2, 0.25) is 0 Å². The molecule has 0 fully saturated rings. The van der Waals surface area contributed by atoms with Crippen LogP contribution in [0.25, 0.3) is 12.2 Å². The van der Waals surface area contributed by atoms with Crippen LogP contribution in [0.4, 0.5) is 0 Å². The van der Waals surface area contributed by atoms with Gasteiger partial charge in [-0.05, 0) is 94.4 Å². The summed E-state index contributed by atoms with van der Waals surface area (Å²) in [5.74, 6) is 0.913. The molecule has 3 aromatic rings. The van der Waals surface area contributed by atoms with E-state index in [2.05, 4.69) is 34.3 Å². The van der Waals surface area contributed by atoms with Gasteiger partial charge in [0.2, 0.25) is 0 Å². The second-order valence-corrected chi connectivity index (χ2v) is 19.2. The lowest BCUT2D eigenvalue weighted by molar-refractivity contribution is -0.154. The van der Waals surface area contributed by atoms with Crippen LogP contribution >= 0.6 is 0 Å². The standard InChI is InChI=1S/C63H92O13.2CH4/c1-9-14-18-25-43-69-59-50(30-31-52(47-73-49(7)68-8)61(59)71-45-27-20-16-11-3)33-40-57(65)74-53-35-37-54(38-36-53)75-58(66)41-34-51-32-39-55(56(29-23-22-24-42-64)76-63(67)48(6)13-5)62(72-46-28-21-17-12-4)60(51)70-44-26-19-15-10-2;;/h30-41,48,56,64H,7,9-29,42-47H2,1-6,8H3;2*1H4/b40-33+,41-34+;;. The van der Waals surface area contributed by atoms with Gasteiger partial charge in [0.1, 0.15) is 24.2 Å². The Hall–Kier alpha value is -5.95. The molecule has 0 saturated heterocycles. The number of carbonyl (C=O) groups excluding carboxylic acids is 3. The van der Waals surface area contributed by atoms with Gasteiger partial charge in [-0.2, -0.15) is 0 Å². The number of aliphatic hydroxyl groups excluding tert-OH is 1. The molecule has 13 nitrogen and oxygen atoms in total. The molecule has 0 bridgehead atoms. The van der Waals surface area contributed by atoms with Crippen molar-refractivity contribution in [3.05, 3.63) is 95.5 Å². The molecule has 0 heterocycles. The third kappa shape index (κ3) is 27.1. The van der Waals surface area contributed by atoms with E-state index in [1.807, 2.05) is 38.1 Å². The molecule has 2 atom stereocenters. The van der Waals surface area contributed by atoms with Gasteiger partial charge >= 0.3 is 17.9 Å². The molecule has 2 unspecified atom stereocenters. The van der Waals surface area contributed by atoms with Gasteiger partial charge < -0.3 is 47.7 Å². The molecule has 0 aliphatic carbocycles. The zero-order valence-corrected chi connectivity index (χ0v) is 47.2. The van der Waals surface area contributed by atoms with Crippen LogP contribution in [0, 0.1) is 5.92 Å². The zero-order valence-electron chi connectivity index (χ0n) is 47.2. The summed E-state index contributed by atoms with van der Waals surface area (Å²) in [6.45, 7) is 18.4. The summed E-state index contributed by atoms with van der Waals surface area (Å²) in [4.78, 5) is 40.0. The molecule has 3 rings (SSSR count). The SMILES string of the molecule is C.C.C=C(OC)OCc1ccc(/C=C/C(=O)Oc2ccc(OC(=O)/C=C/c3ccc(C(CCCCCO)OC(=O)C(C)CC)c(OCCCCCC)c3OCCCCCC)cc2)c(OCCCCCC)c1OCCCCCC. The Kier molecular flexibility index (Phi) is 38.6. The monoisotopic (exact) mass is 1090 g/mol. The number of hydrogen-bond donors (Lipinski definition) is 1. The average molecular weight is 1090 g/mol. The predicted octanol–water partition coefficient (Wildman–Crippen LogP) is 16.9. The van der Waals surface area contributed by atoms with Gasteiger partial charge in [0.25, 0.3) is 5.95 Å². The summed E-state index contributed by atoms with van der Waals surface area (Å²) in [5, 5.41) is 9.48. The first-order valence-electron chi connectivity index (χ1n) is 28.4. The molecule has 0 spiro atoms. The quantitative estimate of drug-likeness (QED) is 0.0188. The van der Waals surface area contributed by atoms with Gasteiger partial charge in [0, 0.05) is 41.0 Å². The van der Waals surface area contributed by atoms with E-state index in [0.717, 1.165) is 121 Å². The second-order valence-electron chi connectivity index (χ2n) is 19.2. The Balaban J connectivity index is 0.0000152. The highest BCUT2D eigenvalue weighted by Gasteiger charge is 2.27. The van der Waals surface area contributed by atoms with Crippen LogP contribution in [-0.4, -0.2) is 63.2 Å². The van der Waals surface area contributed by atoms with Crippen LogP contribution in [0.15, 0.2) is 73.2 Å². The number of ether oxygens (including phenoxy) is 9. The second kappa shape index (κ2) is 43.0. The Labute approximate surface area is 470 Å². The van der Waals surface area contributed by atoms with E-state index in [1.54, 1.807) is 36.4 Å². The minimum atomic E-state index is -0.633. The molecular formula is C65H100O13. The summed E-state index contributed by atoms with van der Waals surface area (Å²) >= 11 is 0. The van der Waals surface area contributed by atoms with Gasteiger partial charge in [-0.3, -0.25) is 4.79 Å². The van der Waals surface area contributed by atoms with Crippen LogP contribution in [0.1, 0.15) is 220 Å². The molecule has 13 heteroatoms. The van der Waals surface area contributed by atoms with E-state index in [-0.39, 0.29) is 57.4 Å². The Bertz CT molecular complexity index is 2180. The highest BCUT2D eigenvalue weighted by Crippen LogP contribution is 2.43. The molecule has 0 saturated carbocycles. The van der Waals surface area contributed by atoms with Gasteiger partial charge in [-0.25, -0.2) is 9.59 Å². The first-order chi connectivity index (χ1) is 37.0.